The Morgan fingerprint density at radius 1 is 1.10 bits per heavy atom. The number of hydrogen-bond acceptors (Lipinski definition) is 4. The Bertz CT molecular complexity index is 1400. The Balaban J connectivity index is 1.84. The van der Waals surface area contributed by atoms with Crippen molar-refractivity contribution >= 4 is 33.8 Å². The van der Waals surface area contributed by atoms with Gasteiger partial charge in [0.1, 0.15) is 6.54 Å². The van der Waals surface area contributed by atoms with Crippen LogP contribution in [0, 0.1) is 11.6 Å². The molecular weight excluding hydrogens is 429 g/mol. The van der Waals surface area contributed by atoms with Crippen LogP contribution in [0.3, 0.4) is 0 Å². The summed E-state index contributed by atoms with van der Waals surface area (Å²) in [4.78, 5) is 29.5. The zero-order valence-corrected chi connectivity index (χ0v) is 15.1. The largest absolute Gasteiger partial charge is 0.465 e. The van der Waals surface area contributed by atoms with Gasteiger partial charge in [-0.15, -0.1) is 0 Å². The van der Waals surface area contributed by atoms with Gasteiger partial charge < -0.3 is 10.1 Å². The lowest BCUT2D eigenvalue weighted by Crippen LogP contribution is -2.38. The summed E-state index contributed by atoms with van der Waals surface area (Å²) >= 11 is 0. The molecule has 0 fully saturated rings. The molecule has 3 N–H and O–H groups in total. The Morgan fingerprint density at radius 3 is 2.42 bits per heavy atom. The summed E-state index contributed by atoms with van der Waals surface area (Å²) in [5, 5.41) is 15.0. The second-order valence-electron chi connectivity index (χ2n) is 6.49. The van der Waals surface area contributed by atoms with Crippen molar-refractivity contribution in [2.75, 3.05) is 11.4 Å². The molecule has 2 heterocycles. The van der Waals surface area contributed by atoms with Gasteiger partial charge in [0, 0.05) is 10.9 Å². The van der Waals surface area contributed by atoms with E-state index in [0.717, 1.165) is 12.1 Å². The van der Waals surface area contributed by atoms with Crippen molar-refractivity contribution in [3.05, 3.63) is 52.3 Å². The monoisotopic (exact) mass is 439 g/mol. The number of nitrogens with one attached hydrogen (secondary N) is 2. The number of H-pyrrole nitrogens is 2. The summed E-state index contributed by atoms with van der Waals surface area (Å²) in [7, 11) is 0. The number of benzene rings is 2. The molecule has 0 atom stereocenters. The van der Waals surface area contributed by atoms with Crippen LogP contribution in [0.5, 0.6) is 0 Å². The highest BCUT2D eigenvalue weighted by Crippen LogP contribution is 2.29. The van der Waals surface area contributed by atoms with Gasteiger partial charge in [0.15, 0.2) is 11.6 Å². The SMILES string of the molecule is O=C(O)N(CC(F)(F)F)c1nc2ccc(-c3n[nH]c(=O)c4cc(F)c(F)cc34)cc2[nH]1. The average molecular weight is 439 g/mol. The maximum absolute atomic E-state index is 13.7. The van der Waals surface area contributed by atoms with Crippen molar-refractivity contribution in [3.63, 3.8) is 0 Å². The fourth-order valence-electron chi connectivity index (χ4n) is 3.06. The predicted octanol–water partition coefficient (Wildman–Crippen LogP) is 3.79. The van der Waals surface area contributed by atoms with Crippen LogP contribution in [-0.4, -0.2) is 44.1 Å². The van der Waals surface area contributed by atoms with E-state index in [1.165, 1.54) is 18.2 Å². The fourth-order valence-corrected chi connectivity index (χ4v) is 3.06. The second-order valence-corrected chi connectivity index (χ2v) is 6.49. The van der Waals surface area contributed by atoms with Gasteiger partial charge in [-0.1, -0.05) is 6.07 Å². The topological polar surface area (TPSA) is 115 Å². The Morgan fingerprint density at radius 2 is 1.77 bits per heavy atom. The molecule has 0 aliphatic heterocycles. The summed E-state index contributed by atoms with van der Waals surface area (Å²) in [6.07, 6.45) is -6.65. The number of carboxylic acid groups (broad SMARTS) is 1. The van der Waals surface area contributed by atoms with Crippen molar-refractivity contribution in [2.24, 2.45) is 0 Å². The van der Waals surface area contributed by atoms with Crippen molar-refractivity contribution in [1.29, 1.82) is 0 Å². The highest BCUT2D eigenvalue weighted by molar-refractivity contribution is 5.96. The van der Waals surface area contributed by atoms with Gasteiger partial charge in [0.05, 0.1) is 22.1 Å². The van der Waals surface area contributed by atoms with E-state index in [2.05, 4.69) is 20.2 Å². The van der Waals surface area contributed by atoms with Crippen LogP contribution in [-0.2, 0) is 0 Å². The van der Waals surface area contributed by atoms with E-state index in [-0.39, 0.29) is 38.0 Å². The molecule has 2 aromatic carbocycles. The van der Waals surface area contributed by atoms with Crippen molar-refractivity contribution in [3.8, 4) is 11.3 Å². The summed E-state index contributed by atoms with van der Waals surface area (Å²) in [5.74, 6) is -2.97. The van der Waals surface area contributed by atoms with E-state index in [1.807, 2.05) is 0 Å². The molecule has 0 unspecified atom stereocenters. The molecule has 160 valence electrons. The number of rotatable bonds is 3. The van der Waals surface area contributed by atoms with Gasteiger partial charge in [0.25, 0.3) is 5.56 Å². The maximum atomic E-state index is 13.7. The number of aromatic amines is 2. The first-order valence-electron chi connectivity index (χ1n) is 8.48. The Hall–Kier alpha value is -4.03. The maximum Gasteiger partial charge on any atom is 0.414 e. The number of amides is 1. The molecule has 0 radical (unpaired) electrons. The third kappa shape index (κ3) is 3.76. The number of aromatic nitrogens is 4. The number of fused-ring (bicyclic) bond motifs is 2. The lowest BCUT2D eigenvalue weighted by molar-refractivity contribution is -0.119. The van der Waals surface area contributed by atoms with E-state index >= 15 is 0 Å². The summed E-state index contributed by atoms with van der Waals surface area (Å²) in [6, 6.07) is 5.71. The van der Waals surface area contributed by atoms with Crippen LogP contribution in [0.2, 0.25) is 0 Å². The van der Waals surface area contributed by atoms with Gasteiger partial charge in [-0.05, 0) is 24.3 Å². The van der Waals surface area contributed by atoms with Gasteiger partial charge in [-0.25, -0.2) is 28.6 Å². The van der Waals surface area contributed by atoms with Gasteiger partial charge in [-0.3, -0.25) is 4.79 Å². The molecular formula is C18H10F5N5O3. The molecule has 4 aromatic rings. The van der Waals surface area contributed by atoms with E-state index < -0.39 is 42.0 Å². The molecule has 0 aliphatic rings. The minimum Gasteiger partial charge on any atom is -0.465 e. The van der Waals surface area contributed by atoms with E-state index in [4.69, 9.17) is 5.11 Å². The fraction of sp³-hybridized carbons (Fsp3) is 0.111. The predicted molar refractivity (Wildman–Crippen MR) is 98.8 cm³/mol. The first-order valence-corrected chi connectivity index (χ1v) is 8.48. The molecule has 0 saturated heterocycles. The number of alkyl halides is 3. The molecule has 0 spiro atoms. The van der Waals surface area contributed by atoms with E-state index in [0.29, 0.717) is 0 Å². The quantitative estimate of drug-likeness (QED) is 0.420. The number of hydrogen-bond donors (Lipinski definition) is 3. The van der Waals surface area contributed by atoms with E-state index in [1.54, 1.807) is 0 Å². The van der Waals surface area contributed by atoms with Crippen molar-refractivity contribution in [2.45, 2.75) is 6.18 Å². The molecule has 4 rings (SSSR count). The van der Waals surface area contributed by atoms with Crippen LogP contribution >= 0.6 is 0 Å². The number of halogens is 5. The number of carbonyl (C=O) groups is 1. The van der Waals surface area contributed by atoms with Crippen LogP contribution < -0.4 is 10.5 Å². The van der Waals surface area contributed by atoms with Gasteiger partial charge in [-0.2, -0.15) is 18.3 Å². The van der Waals surface area contributed by atoms with E-state index in [9.17, 15) is 31.5 Å². The van der Waals surface area contributed by atoms with Crippen LogP contribution in [0.4, 0.5) is 32.7 Å². The lowest BCUT2D eigenvalue weighted by Gasteiger charge is -2.17. The number of imidazole rings is 1. The average Bonchev–Trinajstić information content (AvgIpc) is 3.10. The zero-order valence-electron chi connectivity index (χ0n) is 15.1. The molecule has 8 nitrogen and oxygen atoms in total. The molecule has 0 aliphatic carbocycles. The zero-order chi connectivity index (χ0) is 22.5. The van der Waals surface area contributed by atoms with Crippen LogP contribution in [0.25, 0.3) is 33.1 Å². The molecule has 0 saturated carbocycles. The van der Waals surface area contributed by atoms with Crippen molar-refractivity contribution < 1.29 is 31.9 Å². The third-order valence-electron chi connectivity index (χ3n) is 4.40. The molecule has 13 heteroatoms. The summed E-state index contributed by atoms with van der Waals surface area (Å²) in [5.41, 5.74) is -0.0841. The first kappa shape index (κ1) is 20.3. The Kier molecular flexibility index (Phi) is 4.60. The van der Waals surface area contributed by atoms with Crippen LogP contribution in [0.15, 0.2) is 35.1 Å². The molecule has 1 amide bonds. The molecule has 31 heavy (non-hydrogen) atoms. The van der Waals surface area contributed by atoms with Crippen molar-refractivity contribution in [1.82, 2.24) is 20.2 Å². The lowest BCUT2D eigenvalue weighted by atomic mass is 10.0. The van der Waals surface area contributed by atoms with Crippen LogP contribution in [0.1, 0.15) is 0 Å². The summed E-state index contributed by atoms with van der Waals surface area (Å²) in [6.45, 7) is -1.77. The first-order chi connectivity index (χ1) is 14.5. The standard InChI is InChI=1S/C18H10F5N5O3/c19-10-4-8-9(5-11(10)20)15(29)27-26-14(8)7-1-2-12-13(3-7)25-16(24-12)28(17(30)31)6-18(21,22)23/h1-5H,6H2,(H,24,25)(H,27,29)(H,30,31). The normalized spacial score (nSPS) is 11.9. The second kappa shape index (κ2) is 7.04. The molecule has 0 bridgehead atoms. The molecule has 2 aromatic heterocycles. The third-order valence-corrected chi connectivity index (χ3v) is 4.40. The highest BCUT2D eigenvalue weighted by atomic mass is 19.4. The minimum atomic E-state index is -4.79. The summed E-state index contributed by atoms with van der Waals surface area (Å²) < 4.78 is 65.4. The minimum absolute atomic E-state index is 0.00543. The van der Waals surface area contributed by atoms with Gasteiger partial charge >= 0.3 is 12.3 Å². The number of nitrogens with zero attached hydrogens (tertiary/aromatic N) is 3. The smallest absolute Gasteiger partial charge is 0.414 e. The highest BCUT2D eigenvalue weighted by Gasteiger charge is 2.35. The Labute approximate surface area is 167 Å². The van der Waals surface area contributed by atoms with Gasteiger partial charge in [0.2, 0.25) is 5.95 Å². The number of anilines is 1.